The molecule has 2 heteroatoms. The first-order valence-electron chi connectivity index (χ1n) is 7.12. The molecule has 0 aromatic heterocycles. The van der Waals surface area contributed by atoms with Gasteiger partial charge in [-0.2, -0.15) is 0 Å². The van der Waals surface area contributed by atoms with Gasteiger partial charge >= 0.3 is 0 Å². The summed E-state index contributed by atoms with van der Waals surface area (Å²) in [6.45, 7) is 7.26. The Morgan fingerprint density at radius 3 is 2.11 bits per heavy atom. The van der Waals surface area contributed by atoms with Gasteiger partial charge in [0.2, 0.25) is 0 Å². The van der Waals surface area contributed by atoms with Gasteiger partial charge in [0, 0.05) is 6.61 Å². The molecule has 0 saturated carbocycles. The number of rotatable bonds is 10. The minimum Gasteiger partial charge on any atom is -0.376 e. The van der Waals surface area contributed by atoms with Crippen LogP contribution in [0.3, 0.4) is 0 Å². The number of hydrogen-bond donors (Lipinski definition) is 0. The zero-order chi connectivity index (χ0) is 13.7. The standard InChI is InChI=1S/C16H29BrO/c1-16(2,3)18-15-13-11-9-7-5-4-6-8-10-12-14-17/h8,10,12,14H,4-7,9,11,13,15H2,1-3H3. The Balaban J connectivity index is 3.12. The van der Waals surface area contributed by atoms with Gasteiger partial charge in [0.25, 0.3) is 0 Å². The van der Waals surface area contributed by atoms with Gasteiger partial charge in [-0.15, -0.1) is 0 Å². The third-order valence-corrected chi connectivity index (χ3v) is 2.93. The van der Waals surface area contributed by atoms with Crippen LogP contribution < -0.4 is 0 Å². The van der Waals surface area contributed by atoms with Crippen LogP contribution in [0.5, 0.6) is 0 Å². The Kier molecular flexibility index (Phi) is 11.9. The van der Waals surface area contributed by atoms with Crippen LogP contribution in [-0.2, 0) is 4.74 Å². The minimum atomic E-state index is 0.0237. The Morgan fingerprint density at radius 1 is 0.889 bits per heavy atom. The van der Waals surface area contributed by atoms with Crippen LogP contribution in [0.15, 0.2) is 23.2 Å². The van der Waals surface area contributed by atoms with E-state index in [1.807, 2.05) is 11.1 Å². The molecule has 0 bridgehead atoms. The highest BCUT2D eigenvalue weighted by molar-refractivity contribution is 9.11. The Morgan fingerprint density at radius 2 is 1.50 bits per heavy atom. The van der Waals surface area contributed by atoms with Crippen molar-refractivity contribution in [3.8, 4) is 0 Å². The highest BCUT2D eigenvalue weighted by Crippen LogP contribution is 2.11. The molecule has 0 aromatic carbocycles. The molecule has 0 amide bonds. The molecule has 0 radical (unpaired) electrons. The molecule has 0 heterocycles. The minimum absolute atomic E-state index is 0.0237. The van der Waals surface area contributed by atoms with Gasteiger partial charge in [-0.25, -0.2) is 0 Å². The van der Waals surface area contributed by atoms with Crippen LogP contribution in [0.25, 0.3) is 0 Å². The molecule has 0 spiro atoms. The lowest BCUT2D eigenvalue weighted by molar-refractivity contribution is -0.00474. The fourth-order valence-corrected chi connectivity index (χ4v) is 1.84. The molecular weight excluding hydrogens is 288 g/mol. The summed E-state index contributed by atoms with van der Waals surface area (Å²) in [7, 11) is 0. The number of unbranched alkanes of at least 4 members (excludes halogenated alkanes) is 6. The van der Waals surface area contributed by atoms with Crippen LogP contribution in [0.4, 0.5) is 0 Å². The smallest absolute Gasteiger partial charge is 0.0598 e. The lowest BCUT2D eigenvalue weighted by Gasteiger charge is -2.19. The van der Waals surface area contributed by atoms with Gasteiger partial charge in [0.05, 0.1) is 5.60 Å². The lowest BCUT2D eigenvalue weighted by atomic mass is 10.1. The Labute approximate surface area is 122 Å². The molecule has 0 unspecified atom stereocenters. The number of halogens is 1. The fraction of sp³-hybridized carbons (Fsp3) is 0.750. The summed E-state index contributed by atoms with van der Waals surface area (Å²) < 4.78 is 5.69. The molecule has 0 aliphatic carbocycles. The number of allylic oxidation sites excluding steroid dienone is 3. The van der Waals surface area contributed by atoms with Crippen LogP contribution in [0, 0.1) is 0 Å². The maximum atomic E-state index is 5.69. The van der Waals surface area contributed by atoms with Crippen molar-refractivity contribution in [1.82, 2.24) is 0 Å². The average Bonchev–Trinajstić information content (AvgIpc) is 2.29. The van der Waals surface area contributed by atoms with Crippen molar-refractivity contribution in [2.75, 3.05) is 6.61 Å². The first-order valence-corrected chi connectivity index (χ1v) is 8.03. The van der Waals surface area contributed by atoms with Crippen molar-refractivity contribution >= 4 is 15.9 Å². The van der Waals surface area contributed by atoms with E-state index in [-0.39, 0.29) is 5.60 Å². The van der Waals surface area contributed by atoms with Gasteiger partial charge in [0.15, 0.2) is 0 Å². The zero-order valence-corrected chi connectivity index (χ0v) is 13.8. The highest BCUT2D eigenvalue weighted by Gasteiger charge is 2.08. The fourth-order valence-electron chi connectivity index (χ4n) is 1.67. The third kappa shape index (κ3) is 15.9. The van der Waals surface area contributed by atoms with Gasteiger partial charge < -0.3 is 4.74 Å². The van der Waals surface area contributed by atoms with Crippen LogP contribution >= 0.6 is 15.9 Å². The predicted molar refractivity (Wildman–Crippen MR) is 85.2 cm³/mol. The predicted octanol–water partition coefficient (Wildman–Crippen LogP) is 6.00. The van der Waals surface area contributed by atoms with E-state index in [9.17, 15) is 0 Å². The van der Waals surface area contributed by atoms with Crippen molar-refractivity contribution in [2.24, 2.45) is 0 Å². The summed E-state index contributed by atoms with van der Waals surface area (Å²) in [5.74, 6) is 0. The first-order chi connectivity index (χ1) is 8.56. The second-order valence-electron chi connectivity index (χ2n) is 5.62. The van der Waals surface area contributed by atoms with Crippen LogP contribution in [0.2, 0.25) is 0 Å². The second-order valence-corrected chi connectivity index (χ2v) is 6.15. The van der Waals surface area contributed by atoms with E-state index in [1.165, 1.54) is 44.9 Å². The lowest BCUT2D eigenvalue weighted by Crippen LogP contribution is -2.19. The van der Waals surface area contributed by atoms with Crippen LogP contribution in [-0.4, -0.2) is 12.2 Å². The van der Waals surface area contributed by atoms with E-state index in [0.717, 1.165) is 6.61 Å². The topological polar surface area (TPSA) is 9.23 Å². The van der Waals surface area contributed by atoms with Crippen molar-refractivity contribution in [1.29, 1.82) is 0 Å². The van der Waals surface area contributed by atoms with Gasteiger partial charge in [-0.1, -0.05) is 59.8 Å². The van der Waals surface area contributed by atoms with Gasteiger partial charge in [-0.3, -0.25) is 0 Å². The molecular formula is C16H29BrO. The molecule has 0 atom stereocenters. The van der Waals surface area contributed by atoms with Crippen molar-refractivity contribution in [2.45, 2.75) is 71.3 Å². The van der Waals surface area contributed by atoms with Crippen molar-refractivity contribution in [3.05, 3.63) is 23.2 Å². The molecule has 0 rings (SSSR count). The largest absolute Gasteiger partial charge is 0.376 e. The maximum absolute atomic E-state index is 5.69. The van der Waals surface area contributed by atoms with Crippen LogP contribution in [0.1, 0.15) is 65.7 Å². The molecule has 0 N–H and O–H groups in total. The molecule has 0 saturated heterocycles. The normalized spacial score (nSPS) is 12.9. The summed E-state index contributed by atoms with van der Waals surface area (Å²) >= 11 is 3.24. The molecule has 0 aromatic rings. The summed E-state index contributed by atoms with van der Waals surface area (Å²) in [6, 6.07) is 0. The second kappa shape index (κ2) is 12.0. The maximum Gasteiger partial charge on any atom is 0.0598 e. The molecule has 0 fully saturated rings. The SMILES string of the molecule is CC(C)(C)OCCCCCCCCC=CC=CBr. The van der Waals surface area contributed by atoms with E-state index in [1.54, 1.807) is 0 Å². The quantitative estimate of drug-likeness (QED) is 0.355. The van der Waals surface area contributed by atoms with E-state index in [0.29, 0.717) is 0 Å². The molecule has 0 aliphatic heterocycles. The zero-order valence-electron chi connectivity index (χ0n) is 12.3. The molecule has 1 nitrogen and oxygen atoms in total. The highest BCUT2D eigenvalue weighted by atomic mass is 79.9. The average molecular weight is 317 g/mol. The molecule has 106 valence electrons. The van der Waals surface area contributed by atoms with E-state index < -0.39 is 0 Å². The van der Waals surface area contributed by atoms with E-state index in [4.69, 9.17) is 4.74 Å². The Hall–Kier alpha value is -0.0800. The Bertz CT molecular complexity index is 226. The summed E-state index contributed by atoms with van der Waals surface area (Å²) in [5.41, 5.74) is 0.0237. The first kappa shape index (κ1) is 17.9. The monoisotopic (exact) mass is 316 g/mol. The third-order valence-electron chi connectivity index (χ3n) is 2.62. The van der Waals surface area contributed by atoms with Crippen molar-refractivity contribution in [3.63, 3.8) is 0 Å². The summed E-state index contributed by atoms with van der Waals surface area (Å²) in [6.07, 6.45) is 15.4. The number of ether oxygens (including phenoxy) is 1. The van der Waals surface area contributed by atoms with Gasteiger partial charge in [-0.05, 0) is 45.0 Å². The van der Waals surface area contributed by atoms with Crippen molar-refractivity contribution < 1.29 is 4.74 Å². The number of hydrogen-bond acceptors (Lipinski definition) is 1. The summed E-state index contributed by atoms with van der Waals surface area (Å²) in [5, 5.41) is 0. The molecule has 0 aliphatic rings. The van der Waals surface area contributed by atoms with E-state index in [2.05, 4.69) is 48.9 Å². The molecule has 18 heavy (non-hydrogen) atoms. The van der Waals surface area contributed by atoms with Gasteiger partial charge in [0.1, 0.15) is 0 Å². The van der Waals surface area contributed by atoms with E-state index >= 15 is 0 Å². The summed E-state index contributed by atoms with van der Waals surface area (Å²) in [4.78, 5) is 1.88.